The normalized spacial score (nSPS) is 23.8. The zero-order valence-electron chi connectivity index (χ0n) is 15.3. The van der Waals surface area contributed by atoms with Crippen molar-refractivity contribution in [1.82, 2.24) is 0 Å². The van der Waals surface area contributed by atoms with Crippen LogP contribution >= 0.6 is 11.8 Å². The minimum atomic E-state index is -0.00583. The van der Waals surface area contributed by atoms with Crippen molar-refractivity contribution >= 4 is 17.3 Å². The van der Waals surface area contributed by atoms with Crippen molar-refractivity contribution < 1.29 is 0 Å². The van der Waals surface area contributed by atoms with Gasteiger partial charge in [-0.25, -0.2) is 0 Å². The first-order chi connectivity index (χ1) is 11.5. The Labute approximate surface area is 151 Å². The summed E-state index contributed by atoms with van der Waals surface area (Å²) in [7, 11) is 0. The maximum absolute atomic E-state index is 4.32. The largest absolute Gasteiger partial charge is 0.122 e. The summed E-state index contributed by atoms with van der Waals surface area (Å²) in [6.07, 6.45) is 17.1. The molecule has 1 aromatic carbocycles. The predicted molar refractivity (Wildman–Crippen MR) is 111 cm³/mol. The predicted octanol–water partition coefficient (Wildman–Crippen LogP) is 7.26. The highest BCUT2D eigenvalue weighted by Crippen LogP contribution is 2.45. The maximum atomic E-state index is 4.32. The molecular formula is C23H28S. The lowest BCUT2D eigenvalue weighted by atomic mass is 9.85. The Balaban J connectivity index is 2.51. The molecule has 2 rings (SSSR count). The average molecular weight is 337 g/mol. The van der Waals surface area contributed by atoms with Gasteiger partial charge in [-0.2, -0.15) is 0 Å². The van der Waals surface area contributed by atoms with Gasteiger partial charge >= 0.3 is 0 Å². The molecule has 0 nitrogen and oxygen atoms in total. The van der Waals surface area contributed by atoms with E-state index in [1.165, 1.54) is 22.3 Å². The molecule has 1 aromatic rings. The second kappa shape index (κ2) is 8.39. The third-order valence-electron chi connectivity index (χ3n) is 4.31. The number of hydrogen-bond donors (Lipinski definition) is 0. The summed E-state index contributed by atoms with van der Waals surface area (Å²) in [6.45, 7) is 13.2. The van der Waals surface area contributed by atoms with Gasteiger partial charge in [0.2, 0.25) is 0 Å². The highest BCUT2D eigenvalue weighted by molar-refractivity contribution is 8.03. The van der Waals surface area contributed by atoms with Crippen molar-refractivity contribution in [2.75, 3.05) is 0 Å². The summed E-state index contributed by atoms with van der Waals surface area (Å²) in [4.78, 5) is 0. The number of allylic oxidation sites excluding steroid dienone is 8. The smallest absolute Gasteiger partial charge is 0.0462 e. The van der Waals surface area contributed by atoms with E-state index in [4.69, 9.17) is 0 Å². The lowest BCUT2D eigenvalue weighted by molar-refractivity contribution is 0.705. The number of benzene rings is 1. The van der Waals surface area contributed by atoms with Crippen molar-refractivity contribution in [1.29, 1.82) is 0 Å². The molecule has 0 heterocycles. The molecule has 1 heteroatoms. The number of fused-ring (bicyclic) bond motifs is 1. The Morgan fingerprint density at radius 2 is 2.00 bits per heavy atom. The second-order valence-electron chi connectivity index (χ2n) is 6.53. The lowest BCUT2D eigenvalue weighted by Gasteiger charge is -2.31. The fourth-order valence-electron chi connectivity index (χ4n) is 3.11. The third-order valence-corrected chi connectivity index (χ3v) is 5.51. The summed E-state index contributed by atoms with van der Waals surface area (Å²) < 4.78 is -0.00583. The van der Waals surface area contributed by atoms with E-state index in [1.54, 1.807) is 0 Å². The fraction of sp³-hybridized carbons (Fsp3) is 0.304. The quantitative estimate of drug-likeness (QED) is 0.521. The van der Waals surface area contributed by atoms with Crippen molar-refractivity contribution in [3.05, 3.63) is 88.9 Å². The summed E-state index contributed by atoms with van der Waals surface area (Å²) in [5.74, 6) is 0. The van der Waals surface area contributed by atoms with E-state index in [9.17, 15) is 0 Å². The molecule has 126 valence electrons. The van der Waals surface area contributed by atoms with E-state index in [0.717, 1.165) is 18.4 Å². The molecule has 0 radical (unpaired) electrons. The first-order valence-electron chi connectivity index (χ1n) is 8.61. The van der Waals surface area contributed by atoms with Gasteiger partial charge in [-0.15, -0.1) is 11.8 Å². The molecule has 0 fully saturated rings. The number of rotatable bonds is 4. The van der Waals surface area contributed by atoms with E-state index in [1.807, 2.05) is 11.8 Å². The average Bonchev–Trinajstić information content (AvgIpc) is 2.58. The molecule has 24 heavy (non-hydrogen) atoms. The summed E-state index contributed by atoms with van der Waals surface area (Å²) in [5.41, 5.74) is 6.40. The van der Waals surface area contributed by atoms with Gasteiger partial charge in [0.05, 0.1) is 0 Å². The molecule has 0 amide bonds. The first-order valence-corrected chi connectivity index (χ1v) is 9.49. The minimum absolute atomic E-state index is 0.00583. The number of thioether (sulfide) groups is 1. The number of aryl methyl sites for hydroxylation is 2. The van der Waals surface area contributed by atoms with Crippen LogP contribution in [0.3, 0.4) is 0 Å². The van der Waals surface area contributed by atoms with Gasteiger partial charge in [-0.05, 0) is 61.3 Å². The standard InChI is InChI=1S/C23H28S/c1-6-7-8-12-15-24-23(5)14-11-9-10-13-19(3)22-20(4)16-18(2)17-21(22)23/h7-13,15-17H,3,6,14H2,1-2,4-5H3/b8-7-,11-9-,13-10-,15-12+. The van der Waals surface area contributed by atoms with Crippen LogP contribution in [0, 0.1) is 13.8 Å². The van der Waals surface area contributed by atoms with Crippen LogP contribution in [0.5, 0.6) is 0 Å². The van der Waals surface area contributed by atoms with Gasteiger partial charge in [0.15, 0.2) is 0 Å². The van der Waals surface area contributed by atoms with Crippen LogP contribution in [0.4, 0.5) is 0 Å². The van der Waals surface area contributed by atoms with Gasteiger partial charge in [0.25, 0.3) is 0 Å². The zero-order chi connectivity index (χ0) is 17.6. The fourth-order valence-corrected chi connectivity index (χ4v) is 4.06. The van der Waals surface area contributed by atoms with E-state index < -0.39 is 0 Å². The number of hydrogen-bond acceptors (Lipinski definition) is 1. The summed E-state index contributed by atoms with van der Waals surface area (Å²) in [5, 5.41) is 2.22. The van der Waals surface area contributed by atoms with Gasteiger partial charge in [0.1, 0.15) is 0 Å². The highest BCUT2D eigenvalue weighted by Gasteiger charge is 2.29. The van der Waals surface area contributed by atoms with Crippen molar-refractivity contribution in [2.24, 2.45) is 0 Å². The molecule has 0 N–H and O–H groups in total. The van der Waals surface area contributed by atoms with E-state index in [0.29, 0.717) is 0 Å². The third kappa shape index (κ3) is 4.42. The van der Waals surface area contributed by atoms with Gasteiger partial charge < -0.3 is 0 Å². The molecule has 0 spiro atoms. The van der Waals surface area contributed by atoms with Crippen molar-refractivity contribution in [3.63, 3.8) is 0 Å². The molecule has 0 aromatic heterocycles. The summed E-state index contributed by atoms with van der Waals surface area (Å²) >= 11 is 1.89. The SMILES string of the molecule is C=C1/C=C\C=C/CC(C)(S/C=C/C=C\CC)c2cc(C)cc(C)c21. The Morgan fingerprint density at radius 1 is 1.21 bits per heavy atom. The van der Waals surface area contributed by atoms with E-state index in [2.05, 4.69) is 94.3 Å². The zero-order valence-corrected chi connectivity index (χ0v) is 16.1. The lowest BCUT2D eigenvalue weighted by Crippen LogP contribution is -2.18. The van der Waals surface area contributed by atoms with Crippen LogP contribution in [0.2, 0.25) is 0 Å². The molecule has 0 bridgehead atoms. The first kappa shape index (κ1) is 18.6. The van der Waals surface area contributed by atoms with Gasteiger partial charge in [-0.3, -0.25) is 0 Å². The molecule has 1 atom stereocenters. The Hall–Kier alpha value is -1.73. The topological polar surface area (TPSA) is 0 Å². The molecule has 1 aliphatic carbocycles. The van der Waals surface area contributed by atoms with Crippen LogP contribution in [-0.4, -0.2) is 0 Å². The maximum Gasteiger partial charge on any atom is 0.0462 e. The molecule has 1 unspecified atom stereocenters. The van der Waals surface area contributed by atoms with Crippen LogP contribution < -0.4 is 0 Å². The molecule has 0 saturated heterocycles. The van der Waals surface area contributed by atoms with Gasteiger partial charge in [-0.1, -0.05) is 73.7 Å². The summed E-state index contributed by atoms with van der Waals surface area (Å²) in [6, 6.07) is 4.59. The van der Waals surface area contributed by atoms with Crippen LogP contribution in [0.25, 0.3) is 5.57 Å². The second-order valence-corrected chi connectivity index (χ2v) is 7.94. The van der Waals surface area contributed by atoms with Crippen LogP contribution in [-0.2, 0) is 4.75 Å². The van der Waals surface area contributed by atoms with E-state index in [-0.39, 0.29) is 4.75 Å². The molecular weight excluding hydrogens is 308 g/mol. The Bertz CT molecular complexity index is 716. The molecule has 0 aliphatic heterocycles. The van der Waals surface area contributed by atoms with Crippen LogP contribution in [0.15, 0.2) is 66.7 Å². The Kier molecular flexibility index (Phi) is 6.51. The minimum Gasteiger partial charge on any atom is -0.122 e. The molecule has 0 saturated carbocycles. The monoisotopic (exact) mass is 336 g/mol. The van der Waals surface area contributed by atoms with E-state index >= 15 is 0 Å². The molecule has 1 aliphatic rings. The van der Waals surface area contributed by atoms with Crippen LogP contribution in [0.1, 0.15) is 48.9 Å². The Morgan fingerprint density at radius 3 is 2.75 bits per heavy atom. The van der Waals surface area contributed by atoms with Crippen molar-refractivity contribution in [3.8, 4) is 0 Å². The highest BCUT2D eigenvalue weighted by atomic mass is 32.2. The van der Waals surface area contributed by atoms with Gasteiger partial charge in [0, 0.05) is 4.75 Å². The van der Waals surface area contributed by atoms with Crippen molar-refractivity contribution in [2.45, 2.75) is 45.3 Å².